The lowest BCUT2D eigenvalue weighted by Crippen LogP contribution is -2.36. The summed E-state index contributed by atoms with van der Waals surface area (Å²) in [7, 11) is 1.58. The predicted octanol–water partition coefficient (Wildman–Crippen LogP) is 6.42. The second kappa shape index (κ2) is 10.1. The zero-order chi connectivity index (χ0) is 25.3. The number of rotatable bonds is 6. The van der Waals surface area contributed by atoms with E-state index >= 15 is 0 Å². The molecule has 1 heterocycles. The maximum Gasteiger partial charge on any atom is 0.431 e. The smallest absolute Gasteiger partial charge is 0.393 e. The van der Waals surface area contributed by atoms with Gasteiger partial charge in [0.1, 0.15) is 11.4 Å². The molecule has 0 bridgehead atoms. The molecular weight excluding hydrogens is 477 g/mol. The van der Waals surface area contributed by atoms with Gasteiger partial charge >= 0.3 is 6.18 Å². The number of carbonyl (C=O) groups is 1. The Labute approximate surface area is 207 Å². The van der Waals surface area contributed by atoms with Crippen LogP contribution in [0.4, 0.5) is 13.2 Å². The molecule has 4 rings (SSSR count). The van der Waals surface area contributed by atoms with Crippen LogP contribution in [-0.4, -0.2) is 40.2 Å². The second-order valence-corrected chi connectivity index (χ2v) is 9.65. The Morgan fingerprint density at radius 1 is 1.11 bits per heavy atom. The molecule has 8 heteroatoms. The number of aromatic nitrogens is 1. The summed E-state index contributed by atoms with van der Waals surface area (Å²) in [5.41, 5.74) is 0.516. The molecule has 1 aliphatic rings. The van der Waals surface area contributed by atoms with Crippen LogP contribution in [0.5, 0.6) is 0 Å². The van der Waals surface area contributed by atoms with Crippen molar-refractivity contribution >= 4 is 17.5 Å². The molecule has 0 radical (unpaired) electrons. The topological polar surface area (TPSA) is 45.5 Å². The Morgan fingerprint density at radius 2 is 1.77 bits per heavy atom. The highest BCUT2D eigenvalue weighted by molar-refractivity contribution is 6.30. The zero-order valence-electron chi connectivity index (χ0n) is 19.6. The van der Waals surface area contributed by atoms with Crippen molar-refractivity contribution in [1.29, 1.82) is 0 Å². The minimum atomic E-state index is -4.67. The van der Waals surface area contributed by atoms with E-state index in [0.717, 1.165) is 17.4 Å². The van der Waals surface area contributed by atoms with Crippen LogP contribution in [-0.2, 0) is 12.7 Å². The first-order valence-electron chi connectivity index (χ1n) is 11.6. The van der Waals surface area contributed by atoms with Gasteiger partial charge < -0.3 is 14.6 Å². The SMILES string of the molecule is Cc1c(-c2ccc(Cl)cc2)c(C(=O)N(C)C[C@H]2CCC[C@@H]2O)n(Cc2ccccc2)c1C(F)(F)F. The van der Waals surface area contributed by atoms with Crippen LogP contribution in [0.3, 0.4) is 0 Å². The monoisotopic (exact) mass is 504 g/mol. The Hall–Kier alpha value is -2.77. The molecule has 0 spiro atoms. The van der Waals surface area contributed by atoms with Crippen LogP contribution in [0.25, 0.3) is 11.1 Å². The summed E-state index contributed by atoms with van der Waals surface area (Å²) < 4.78 is 44.4. The third-order valence-corrected chi connectivity index (χ3v) is 7.02. The number of aliphatic hydroxyl groups excluding tert-OH is 1. The van der Waals surface area contributed by atoms with Crippen molar-refractivity contribution < 1.29 is 23.1 Å². The maximum absolute atomic E-state index is 14.4. The van der Waals surface area contributed by atoms with Crippen molar-refractivity contribution in [2.24, 2.45) is 5.92 Å². The van der Waals surface area contributed by atoms with Crippen molar-refractivity contribution in [1.82, 2.24) is 9.47 Å². The predicted molar refractivity (Wildman–Crippen MR) is 130 cm³/mol. The summed E-state index contributed by atoms with van der Waals surface area (Å²) in [4.78, 5) is 15.3. The highest BCUT2D eigenvalue weighted by Crippen LogP contribution is 2.42. The first kappa shape index (κ1) is 25.3. The van der Waals surface area contributed by atoms with Crippen LogP contribution >= 0.6 is 11.6 Å². The number of halogens is 4. The summed E-state index contributed by atoms with van der Waals surface area (Å²) in [6.07, 6.45) is -2.86. The first-order valence-corrected chi connectivity index (χ1v) is 12.0. The molecule has 1 aliphatic carbocycles. The van der Waals surface area contributed by atoms with E-state index in [1.165, 1.54) is 11.8 Å². The van der Waals surface area contributed by atoms with Crippen molar-refractivity contribution in [3.8, 4) is 11.1 Å². The second-order valence-electron chi connectivity index (χ2n) is 9.22. The molecule has 1 amide bonds. The molecule has 2 atom stereocenters. The van der Waals surface area contributed by atoms with E-state index in [0.29, 0.717) is 22.6 Å². The van der Waals surface area contributed by atoms with Crippen molar-refractivity contribution in [2.75, 3.05) is 13.6 Å². The quantitative estimate of drug-likeness (QED) is 0.421. The van der Waals surface area contributed by atoms with Crippen LogP contribution in [0.2, 0.25) is 5.02 Å². The van der Waals surface area contributed by atoms with Gasteiger partial charge in [-0.05, 0) is 48.6 Å². The molecule has 3 aromatic rings. The number of hydrogen-bond acceptors (Lipinski definition) is 2. The molecule has 0 saturated heterocycles. The Kier molecular flexibility index (Phi) is 7.29. The number of hydrogen-bond donors (Lipinski definition) is 1. The number of amides is 1. The molecule has 1 saturated carbocycles. The molecular formula is C27H28ClF3N2O2. The van der Waals surface area contributed by atoms with Crippen LogP contribution in [0.1, 0.15) is 46.6 Å². The largest absolute Gasteiger partial charge is 0.431 e. The van der Waals surface area contributed by atoms with Gasteiger partial charge in [-0.15, -0.1) is 0 Å². The third kappa shape index (κ3) is 5.26. The summed E-state index contributed by atoms with van der Waals surface area (Å²) in [6.45, 7) is 1.58. The Balaban J connectivity index is 1.89. The molecule has 35 heavy (non-hydrogen) atoms. The van der Waals surface area contributed by atoms with Gasteiger partial charge in [0.25, 0.3) is 5.91 Å². The minimum absolute atomic E-state index is 0.00611. The highest BCUT2D eigenvalue weighted by Gasteiger charge is 2.42. The van der Waals surface area contributed by atoms with E-state index in [2.05, 4.69) is 0 Å². The van der Waals surface area contributed by atoms with Crippen molar-refractivity contribution in [2.45, 2.75) is 45.0 Å². The fraction of sp³-hybridized carbons (Fsp3) is 0.370. The maximum atomic E-state index is 14.4. The summed E-state index contributed by atoms with van der Waals surface area (Å²) in [5.74, 6) is -0.604. The van der Waals surface area contributed by atoms with Crippen LogP contribution < -0.4 is 0 Å². The van der Waals surface area contributed by atoms with Gasteiger partial charge in [0.2, 0.25) is 0 Å². The van der Waals surface area contributed by atoms with Gasteiger partial charge in [-0.3, -0.25) is 4.79 Å². The third-order valence-electron chi connectivity index (χ3n) is 6.77. The molecule has 1 aromatic heterocycles. The summed E-state index contributed by atoms with van der Waals surface area (Å²) >= 11 is 6.03. The standard InChI is InChI=1S/C27H28ClF3N2O2/c1-17-23(19-11-13-21(28)14-12-19)24(26(35)32(2)16-20-9-6-10-22(20)34)33(25(17)27(29,30)31)15-18-7-4-3-5-8-18/h3-5,7-8,11-14,20,22,34H,6,9-10,15-16H2,1-2H3/t20-,22+/m1/s1. The average molecular weight is 505 g/mol. The first-order chi connectivity index (χ1) is 16.6. The fourth-order valence-electron chi connectivity index (χ4n) is 5.07. The summed E-state index contributed by atoms with van der Waals surface area (Å²) in [6, 6.07) is 15.3. The van der Waals surface area contributed by atoms with E-state index in [1.54, 1.807) is 61.6 Å². The molecule has 4 nitrogen and oxygen atoms in total. The minimum Gasteiger partial charge on any atom is -0.393 e. The summed E-state index contributed by atoms with van der Waals surface area (Å²) in [5, 5.41) is 10.7. The molecule has 2 aromatic carbocycles. The number of nitrogens with zero attached hydrogens (tertiary/aromatic N) is 2. The number of aliphatic hydroxyl groups is 1. The van der Waals surface area contributed by atoms with Gasteiger partial charge in [-0.25, -0.2) is 0 Å². The average Bonchev–Trinajstić information content (AvgIpc) is 3.34. The highest BCUT2D eigenvalue weighted by atomic mass is 35.5. The van der Waals surface area contributed by atoms with E-state index in [-0.39, 0.29) is 35.8 Å². The normalized spacial score (nSPS) is 18.1. The molecule has 1 N–H and O–H groups in total. The molecule has 0 unspecified atom stereocenters. The zero-order valence-corrected chi connectivity index (χ0v) is 20.4. The molecule has 0 aliphatic heterocycles. The van der Waals surface area contributed by atoms with Crippen molar-refractivity contribution in [3.05, 3.63) is 82.1 Å². The lowest BCUT2D eigenvalue weighted by Gasteiger charge is -2.25. The van der Waals surface area contributed by atoms with E-state index < -0.39 is 23.9 Å². The number of alkyl halides is 3. The number of carbonyl (C=O) groups excluding carboxylic acids is 1. The lowest BCUT2D eigenvalue weighted by atomic mass is 9.99. The Bertz CT molecular complexity index is 1190. The van der Waals surface area contributed by atoms with Gasteiger partial charge in [-0.2, -0.15) is 13.2 Å². The Morgan fingerprint density at radius 3 is 2.34 bits per heavy atom. The fourth-order valence-corrected chi connectivity index (χ4v) is 5.20. The van der Waals surface area contributed by atoms with Gasteiger partial charge in [0.05, 0.1) is 6.10 Å². The van der Waals surface area contributed by atoms with E-state index in [4.69, 9.17) is 11.6 Å². The lowest BCUT2D eigenvalue weighted by molar-refractivity contribution is -0.143. The van der Waals surface area contributed by atoms with E-state index in [9.17, 15) is 23.1 Å². The van der Waals surface area contributed by atoms with Gasteiger partial charge in [0, 0.05) is 36.6 Å². The molecule has 186 valence electrons. The van der Waals surface area contributed by atoms with Crippen LogP contribution in [0, 0.1) is 12.8 Å². The van der Waals surface area contributed by atoms with Crippen LogP contribution in [0.15, 0.2) is 54.6 Å². The van der Waals surface area contributed by atoms with Crippen molar-refractivity contribution in [3.63, 3.8) is 0 Å². The van der Waals surface area contributed by atoms with E-state index in [1.807, 2.05) is 0 Å². The number of benzene rings is 2. The van der Waals surface area contributed by atoms with Gasteiger partial charge in [0.15, 0.2) is 0 Å². The van der Waals surface area contributed by atoms with Gasteiger partial charge in [-0.1, -0.05) is 60.5 Å². The molecule has 1 fully saturated rings.